The standard InChI is InChI=1S/C24H25ClN2O5S/c1-16-5-10-20(11-6-16)33(29,30)27(19-9-12-22(31-3)23(14-19)32-4)15-24(28)26-18-8-7-17(2)21(25)13-18/h5-14H,15H2,1-4H3,(H,26,28). The lowest BCUT2D eigenvalue weighted by molar-refractivity contribution is -0.114. The Bertz CT molecular complexity index is 1260. The molecular formula is C24H25ClN2O5S. The van der Waals surface area contributed by atoms with Crippen LogP contribution in [0.4, 0.5) is 11.4 Å². The molecule has 3 aromatic rings. The van der Waals surface area contributed by atoms with Gasteiger partial charge >= 0.3 is 0 Å². The maximum absolute atomic E-state index is 13.5. The molecule has 3 rings (SSSR count). The van der Waals surface area contributed by atoms with Gasteiger partial charge in [-0.2, -0.15) is 0 Å². The predicted octanol–water partition coefficient (Wildman–Crippen LogP) is 4.81. The van der Waals surface area contributed by atoms with Crippen molar-refractivity contribution in [2.45, 2.75) is 18.7 Å². The number of benzene rings is 3. The summed E-state index contributed by atoms with van der Waals surface area (Å²) >= 11 is 6.14. The normalized spacial score (nSPS) is 11.1. The van der Waals surface area contributed by atoms with Crippen molar-refractivity contribution in [3.63, 3.8) is 0 Å². The molecule has 0 aliphatic rings. The van der Waals surface area contributed by atoms with Crippen LogP contribution in [-0.2, 0) is 14.8 Å². The predicted molar refractivity (Wildman–Crippen MR) is 130 cm³/mol. The van der Waals surface area contributed by atoms with Gasteiger partial charge in [-0.15, -0.1) is 0 Å². The summed E-state index contributed by atoms with van der Waals surface area (Å²) in [5, 5.41) is 3.21. The minimum absolute atomic E-state index is 0.0639. The Morgan fingerprint density at radius 1 is 0.939 bits per heavy atom. The van der Waals surface area contributed by atoms with Crippen molar-refractivity contribution < 1.29 is 22.7 Å². The number of halogens is 1. The molecule has 0 aromatic heterocycles. The number of ether oxygens (including phenoxy) is 2. The molecule has 0 atom stereocenters. The molecule has 1 N–H and O–H groups in total. The topological polar surface area (TPSA) is 84.9 Å². The first-order valence-corrected chi connectivity index (χ1v) is 11.8. The lowest BCUT2D eigenvalue weighted by Crippen LogP contribution is -2.38. The Kier molecular flexibility index (Phi) is 7.50. The zero-order valence-corrected chi connectivity index (χ0v) is 20.3. The number of carbonyl (C=O) groups excluding carboxylic acids is 1. The van der Waals surface area contributed by atoms with Crippen LogP contribution in [0.25, 0.3) is 0 Å². The van der Waals surface area contributed by atoms with Crippen molar-refractivity contribution >= 4 is 38.9 Å². The molecule has 0 saturated heterocycles. The van der Waals surface area contributed by atoms with Crippen molar-refractivity contribution in [3.05, 3.63) is 76.8 Å². The molecular weight excluding hydrogens is 464 g/mol. The van der Waals surface area contributed by atoms with Crippen LogP contribution >= 0.6 is 11.6 Å². The highest BCUT2D eigenvalue weighted by molar-refractivity contribution is 7.92. The number of methoxy groups -OCH3 is 2. The number of hydrogen-bond acceptors (Lipinski definition) is 5. The number of carbonyl (C=O) groups is 1. The molecule has 1 amide bonds. The first kappa shape index (κ1) is 24.4. The summed E-state index contributed by atoms with van der Waals surface area (Å²) in [7, 11) is -1.13. The molecule has 7 nitrogen and oxygen atoms in total. The van der Waals surface area contributed by atoms with Crippen LogP contribution < -0.4 is 19.1 Å². The van der Waals surface area contributed by atoms with E-state index in [1.54, 1.807) is 42.5 Å². The molecule has 0 bridgehead atoms. The zero-order chi connectivity index (χ0) is 24.2. The van der Waals surface area contributed by atoms with Crippen LogP contribution in [-0.4, -0.2) is 35.1 Å². The van der Waals surface area contributed by atoms with Gasteiger partial charge in [0.2, 0.25) is 5.91 Å². The SMILES string of the molecule is COc1ccc(N(CC(=O)Nc2ccc(C)c(Cl)c2)S(=O)(=O)c2ccc(C)cc2)cc1OC. The van der Waals surface area contributed by atoms with E-state index in [1.165, 1.54) is 32.4 Å². The largest absolute Gasteiger partial charge is 0.493 e. The number of rotatable bonds is 8. The molecule has 33 heavy (non-hydrogen) atoms. The van der Waals surface area contributed by atoms with Crippen LogP contribution in [0, 0.1) is 13.8 Å². The molecule has 0 spiro atoms. The van der Waals surface area contributed by atoms with Gasteiger partial charge in [-0.3, -0.25) is 9.10 Å². The monoisotopic (exact) mass is 488 g/mol. The minimum atomic E-state index is -4.07. The van der Waals surface area contributed by atoms with Gasteiger partial charge in [0.05, 0.1) is 24.8 Å². The molecule has 0 unspecified atom stereocenters. The molecule has 0 aliphatic heterocycles. The third-order valence-electron chi connectivity index (χ3n) is 5.01. The summed E-state index contributed by atoms with van der Waals surface area (Å²) < 4.78 is 38.7. The maximum Gasteiger partial charge on any atom is 0.264 e. The average molecular weight is 489 g/mol. The second-order valence-electron chi connectivity index (χ2n) is 7.38. The van der Waals surface area contributed by atoms with Crippen molar-refractivity contribution in [1.29, 1.82) is 0 Å². The molecule has 0 saturated carbocycles. The number of nitrogens with zero attached hydrogens (tertiary/aromatic N) is 1. The highest BCUT2D eigenvalue weighted by atomic mass is 35.5. The molecule has 3 aromatic carbocycles. The second kappa shape index (κ2) is 10.1. The first-order chi connectivity index (χ1) is 15.6. The van der Waals surface area contributed by atoms with E-state index in [0.29, 0.717) is 22.2 Å². The Hall–Kier alpha value is -3.23. The summed E-state index contributed by atoms with van der Waals surface area (Å²) in [6, 6.07) is 16.2. The Morgan fingerprint density at radius 3 is 2.21 bits per heavy atom. The maximum atomic E-state index is 13.5. The number of hydrogen-bond donors (Lipinski definition) is 1. The minimum Gasteiger partial charge on any atom is -0.493 e. The Balaban J connectivity index is 2.00. The van der Waals surface area contributed by atoms with E-state index in [4.69, 9.17) is 21.1 Å². The number of amides is 1. The van der Waals surface area contributed by atoms with Gasteiger partial charge < -0.3 is 14.8 Å². The fraction of sp³-hybridized carbons (Fsp3) is 0.208. The fourth-order valence-corrected chi connectivity index (χ4v) is 4.73. The Labute approximate surface area is 198 Å². The van der Waals surface area contributed by atoms with Gasteiger partial charge in [-0.05, 0) is 55.8 Å². The Morgan fingerprint density at radius 2 is 1.61 bits per heavy atom. The molecule has 0 aliphatic carbocycles. The van der Waals surface area contributed by atoms with Gasteiger partial charge in [0.15, 0.2) is 11.5 Å². The number of nitrogens with one attached hydrogen (secondary N) is 1. The van der Waals surface area contributed by atoms with E-state index < -0.39 is 22.5 Å². The fourth-order valence-electron chi connectivity index (χ4n) is 3.13. The molecule has 0 fully saturated rings. The van der Waals surface area contributed by atoms with Crippen LogP contribution in [0.1, 0.15) is 11.1 Å². The van der Waals surface area contributed by atoms with Gasteiger partial charge in [0.25, 0.3) is 10.0 Å². The van der Waals surface area contributed by atoms with E-state index in [1.807, 2.05) is 13.8 Å². The molecule has 174 valence electrons. The molecule has 0 heterocycles. The third-order valence-corrected chi connectivity index (χ3v) is 7.20. The smallest absolute Gasteiger partial charge is 0.264 e. The van der Waals surface area contributed by atoms with Crippen LogP contribution in [0.2, 0.25) is 5.02 Å². The first-order valence-electron chi connectivity index (χ1n) is 10.0. The summed E-state index contributed by atoms with van der Waals surface area (Å²) in [4.78, 5) is 12.9. The molecule has 0 radical (unpaired) electrons. The van der Waals surface area contributed by atoms with E-state index in [9.17, 15) is 13.2 Å². The van der Waals surface area contributed by atoms with Gasteiger partial charge in [-0.1, -0.05) is 35.4 Å². The van der Waals surface area contributed by atoms with E-state index in [-0.39, 0.29) is 10.6 Å². The lowest BCUT2D eigenvalue weighted by Gasteiger charge is -2.25. The summed E-state index contributed by atoms with van der Waals surface area (Å²) in [6.07, 6.45) is 0. The van der Waals surface area contributed by atoms with Crippen molar-refractivity contribution in [2.24, 2.45) is 0 Å². The van der Waals surface area contributed by atoms with E-state index in [0.717, 1.165) is 15.4 Å². The summed E-state index contributed by atoms with van der Waals surface area (Å²) in [5.74, 6) is 0.248. The number of aryl methyl sites for hydroxylation is 2. The average Bonchev–Trinajstić information content (AvgIpc) is 2.79. The second-order valence-corrected chi connectivity index (χ2v) is 9.65. The van der Waals surface area contributed by atoms with E-state index in [2.05, 4.69) is 5.32 Å². The third kappa shape index (κ3) is 5.58. The van der Waals surface area contributed by atoms with Crippen LogP contribution in [0.5, 0.6) is 11.5 Å². The van der Waals surface area contributed by atoms with Crippen molar-refractivity contribution in [1.82, 2.24) is 0 Å². The number of sulfonamides is 1. The van der Waals surface area contributed by atoms with Crippen molar-refractivity contribution in [3.8, 4) is 11.5 Å². The molecule has 9 heteroatoms. The number of anilines is 2. The lowest BCUT2D eigenvalue weighted by atomic mass is 10.2. The quantitative estimate of drug-likeness (QED) is 0.492. The van der Waals surface area contributed by atoms with E-state index >= 15 is 0 Å². The van der Waals surface area contributed by atoms with Crippen LogP contribution in [0.3, 0.4) is 0 Å². The van der Waals surface area contributed by atoms with Crippen LogP contribution in [0.15, 0.2) is 65.6 Å². The highest BCUT2D eigenvalue weighted by Crippen LogP contribution is 2.34. The van der Waals surface area contributed by atoms with Crippen molar-refractivity contribution in [2.75, 3.05) is 30.4 Å². The zero-order valence-electron chi connectivity index (χ0n) is 18.8. The van der Waals surface area contributed by atoms with Gasteiger partial charge in [-0.25, -0.2) is 8.42 Å². The van der Waals surface area contributed by atoms with Gasteiger partial charge in [0.1, 0.15) is 6.54 Å². The highest BCUT2D eigenvalue weighted by Gasteiger charge is 2.28. The summed E-state index contributed by atoms with van der Waals surface area (Å²) in [6.45, 7) is 3.25. The van der Waals surface area contributed by atoms with Gasteiger partial charge in [0, 0.05) is 16.8 Å². The summed E-state index contributed by atoms with van der Waals surface area (Å²) in [5.41, 5.74) is 2.50.